The van der Waals surface area contributed by atoms with Crippen LogP contribution >= 0.6 is 24.0 Å². The van der Waals surface area contributed by atoms with Gasteiger partial charge < -0.3 is 20.9 Å². The second-order valence-electron chi connectivity index (χ2n) is 5.48. The van der Waals surface area contributed by atoms with E-state index in [1.54, 1.807) is 25.3 Å². The van der Waals surface area contributed by atoms with Crippen LogP contribution < -0.4 is 15.8 Å². The molecule has 0 aliphatic rings. The predicted molar refractivity (Wildman–Crippen MR) is 114 cm³/mol. The number of nitrogens with zero attached hydrogens (tertiary/aromatic N) is 1. The Hall–Kier alpha value is -1.96. The van der Waals surface area contributed by atoms with E-state index in [0.717, 1.165) is 18.5 Å². The topological polar surface area (TPSA) is 79.9 Å². The number of rotatable bonds is 6. The van der Waals surface area contributed by atoms with Crippen LogP contribution in [0.5, 0.6) is 11.5 Å². The predicted octanol–water partition coefficient (Wildman–Crippen LogP) is 4.07. The fourth-order valence-electron chi connectivity index (χ4n) is 2.56. The van der Waals surface area contributed by atoms with Gasteiger partial charge in [-0.05, 0) is 42.2 Å². The fraction of sp³-hybridized carbons (Fsp3) is 0.316. The first-order valence-electron chi connectivity index (χ1n) is 8.12. The van der Waals surface area contributed by atoms with Crippen molar-refractivity contribution < 1.29 is 9.84 Å². The maximum atomic E-state index is 9.91. The summed E-state index contributed by atoms with van der Waals surface area (Å²) < 4.78 is 5.17. The Labute approximate surface area is 166 Å². The van der Waals surface area contributed by atoms with Crippen LogP contribution in [0.2, 0.25) is 0 Å². The van der Waals surface area contributed by atoms with Crippen molar-refractivity contribution in [2.24, 2.45) is 10.7 Å². The molecular formula is C19H26IN3O2. The van der Waals surface area contributed by atoms with E-state index < -0.39 is 0 Å². The van der Waals surface area contributed by atoms with E-state index in [1.807, 2.05) is 0 Å². The molecular weight excluding hydrogens is 429 g/mol. The summed E-state index contributed by atoms with van der Waals surface area (Å²) in [6.07, 6.45) is 1.83. The number of hydrogen-bond donors (Lipinski definition) is 3. The van der Waals surface area contributed by atoms with Crippen LogP contribution in [0.3, 0.4) is 0 Å². The number of nitrogens with one attached hydrogen (secondary N) is 1. The molecule has 0 aliphatic carbocycles. The quantitative estimate of drug-likeness (QED) is 0.349. The number of ether oxygens (including phenoxy) is 1. The largest absolute Gasteiger partial charge is 0.508 e. The maximum absolute atomic E-state index is 9.91. The van der Waals surface area contributed by atoms with Gasteiger partial charge in [-0.1, -0.05) is 32.0 Å². The minimum atomic E-state index is 0. The van der Waals surface area contributed by atoms with Crippen LogP contribution in [0.4, 0.5) is 5.69 Å². The van der Waals surface area contributed by atoms with Crippen molar-refractivity contribution in [1.29, 1.82) is 0 Å². The van der Waals surface area contributed by atoms with Gasteiger partial charge in [0, 0.05) is 11.3 Å². The smallest absolute Gasteiger partial charge is 0.193 e. The molecule has 0 unspecified atom stereocenters. The van der Waals surface area contributed by atoms with Gasteiger partial charge in [0.05, 0.1) is 13.7 Å². The van der Waals surface area contributed by atoms with Crippen LogP contribution in [-0.4, -0.2) is 18.2 Å². The number of aryl methyl sites for hydroxylation is 2. The summed E-state index contributed by atoms with van der Waals surface area (Å²) >= 11 is 0. The summed E-state index contributed by atoms with van der Waals surface area (Å²) in [6, 6.07) is 11.3. The molecule has 2 rings (SSSR count). The number of hydrogen-bond acceptors (Lipinski definition) is 3. The highest BCUT2D eigenvalue weighted by Crippen LogP contribution is 2.24. The average Bonchev–Trinajstić information content (AvgIpc) is 2.61. The summed E-state index contributed by atoms with van der Waals surface area (Å²) in [5.74, 6) is 1.18. The third kappa shape index (κ3) is 5.52. The molecule has 0 amide bonds. The molecule has 136 valence electrons. The molecule has 0 heterocycles. The Morgan fingerprint density at radius 1 is 1.12 bits per heavy atom. The molecule has 0 saturated carbocycles. The number of benzene rings is 2. The van der Waals surface area contributed by atoms with Crippen molar-refractivity contribution in [2.45, 2.75) is 33.2 Å². The van der Waals surface area contributed by atoms with Gasteiger partial charge in [-0.3, -0.25) is 0 Å². The van der Waals surface area contributed by atoms with Crippen LogP contribution in [0.1, 0.15) is 30.5 Å². The third-order valence-electron chi connectivity index (χ3n) is 3.96. The number of guanidine groups is 1. The van der Waals surface area contributed by atoms with Crippen molar-refractivity contribution in [3.8, 4) is 11.5 Å². The van der Waals surface area contributed by atoms with E-state index in [9.17, 15) is 5.11 Å². The van der Waals surface area contributed by atoms with Crippen LogP contribution in [0.25, 0.3) is 0 Å². The molecule has 0 spiro atoms. The van der Waals surface area contributed by atoms with Crippen molar-refractivity contribution in [2.75, 3.05) is 12.4 Å². The Kier molecular flexibility index (Phi) is 8.54. The van der Waals surface area contributed by atoms with E-state index in [1.165, 1.54) is 11.1 Å². The Morgan fingerprint density at radius 3 is 2.32 bits per heavy atom. The zero-order valence-corrected chi connectivity index (χ0v) is 17.2. The second-order valence-corrected chi connectivity index (χ2v) is 5.48. The molecule has 5 nitrogen and oxygen atoms in total. The van der Waals surface area contributed by atoms with Crippen LogP contribution in [0, 0.1) is 0 Å². The van der Waals surface area contributed by atoms with Crippen molar-refractivity contribution >= 4 is 35.6 Å². The molecule has 0 bridgehead atoms. The number of nitrogens with two attached hydrogens (primary N) is 1. The third-order valence-corrected chi connectivity index (χ3v) is 3.96. The summed E-state index contributed by atoms with van der Waals surface area (Å²) in [5, 5.41) is 13.1. The summed E-state index contributed by atoms with van der Waals surface area (Å²) in [4.78, 5) is 4.34. The second kappa shape index (κ2) is 10.1. The SMILES string of the molecule is CCc1cccc(CC)c1NC(N)=NCc1cc(OC)ccc1O.I. The first-order chi connectivity index (χ1) is 11.6. The lowest BCUT2D eigenvalue weighted by Crippen LogP contribution is -2.24. The van der Waals surface area contributed by atoms with Crippen molar-refractivity contribution in [1.82, 2.24) is 0 Å². The number of para-hydroxylation sites is 1. The zero-order valence-electron chi connectivity index (χ0n) is 14.9. The minimum Gasteiger partial charge on any atom is -0.508 e. The Morgan fingerprint density at radius 2 is 1.76 bits per heavy atom. The summed E-state index contributed by atoms with van der Waals surface area (Å²) in [6.45, 7) is 4.50. The van der Waals surface area contributed by atoms with Gasteiger partial charge in [-0.25, -0.2) is 4.99 Å². The number of anilines is 1. The lowest BCUT2D eigenvalue weighted by atomic mass is 10.0. The Bertz CT molecular complexity index is 710. The Balaban J connectivity index is 0.00000312. The molecule has 0 fully saturated rings. The molecule has 25 heavy (non-hydrogen) atoms. The van der Waals surface area contributed by atoms with Crippen LogP contribution in [0.15, 0.2) is 41.4 Å². The molecule has 0 aromatic heterocycles. The minimum absolute atomic E-state index is 0. The van der Waals surface area contributed by atoms with E-state index >= 15 is 0 Å². The number of aliphatic imine (C=N–C) groups is 1. The highest BCUT2D eigenvalue weighted by atomic mass is 127. The number of phenols is 1. The van der Waals surface area contributed by atoms with Crippen molar-refractivity contribution in [3.63, 3.8) is 0 Å². The lowest BCUT2D eigenvalue weighted by molar-refractivity contribution is 0.411. The number of aromatic hydroxyl groups is 1. The van der Waals surface area contributed by atoms with Gasteiger partial charge in [0.25, 0.3) is 0 Å². The number of methoxy groups -OCH3 is 1. The van der Waals surface area contributed by atoms with Crippen molar-refractivity contribution in [3.05, 3.63) is 53.1 Å². The molecule has 0 atom stereocenters. The first-order valence-corrected chi connectivity index (χ1v) is 8.12. The lowest BCUT2D eigenvalue weighted by Gasteiger charge is -2.15. The standard InChI is InChI=1S/C19H25N3O2.HI/c1-4-13-7-6-8-14(5-2)18(13)22-19(20)21-12-15-11-16(24-3)9-10-17(15)23;/h6-11,23H,4-5,12H2,1-3H3,(H3,20,21,22);1H. The normalized spacial score (nSPS) is 10.9. The van der Waals surface area contributed by atoms with Gasteiger partial charge in [0.15, 0.2) is 5.96 Å². The monoisotopic (exact) mass is 455 g/mol. The van der Waals surface area contributed by atoms with Gasteiger partial charge in [-0.15, -0.1) is 24.0 Å². The van der Waals surface area contributed by atoms with Gasteiger partial charge in [0.1, 0.15) is 11.5 Å². The first kappa shape index (κ1) is 21.1. The highest BCUT2D eigenvalue weighted by molar-refractivity contribution is 14.0. The molecule has 0 aliphatic heterocycles. The average molecular weight is 455 g/mol. The fourth-order valence-corrected chi connectivity index (χ4v) is 2.56. The maximum Gasteiger partial charge on any atom is 0.193 e. The molecule has 0 radical (unpaired) electrons. The van der Waals surface area contributed by atoms with Gasteiger partial charge in [-0.2, -0.15) is 0 Å². The molecule has 2 aromatic rings. The highest BCUT2D eigenvalue weighted by Gasteiger charge is 2.08. The van der Waals surface area contributed by atoms with E-state index in [2.05, 4.69) is 42.4 Å². The molecule has 0 saturated heterocycles. The van der Waals surface area contributed by atoms with Crippen LogP contribution in [-0.2, 0) is 19.4 Å². The summed E-state index contributed by atoms with van der Waals surface area (Å²) in [5.41, 5.74) is 10.1. The zero-order chi connectivity index (χ0) is 17.5. The number of phenolic OH excluding ortho intramolecular Hbond substituents is 1. The summed E-state index contributed by atoms with van der Waals surface area (Å²) in [7, 11) is 1.59. The number of halogens is 1. The van der Waals surface area contributed by atoms with E-state index in [0.29, 0.717) is 17.3 Å². The van der Waals surface area contributed by atoms with E-state index in [4.69, 9.17) is 10.5 Å². The molecule has 4 N–H and O–H groups in total. The van der Waals surface area contributed by atoms with Gasteiger partial charge >= 0.3 is 0 Å². The van der Waals surface area contributed by atoms with E-state index in [-0.39, 0.29) is 36.3 Å². The molecule has 2 aromatic carbocycles. The molecule has 6 heteroatoms. The van der Waals surface area contributed by atoms with Gasteiger partial charge in [0.2, 0.25) is 0 Å².